The molecule has 1 unspecified atom stereocenters. The van der Waals surface area contributed by atoms with Gasteiger partial charge >= 0.3 is 5.97 Å². The summed E-state index contributed by atoms with van der Waals surface area (Å²) in [6.45, 7) is 6.57. The van der Waals surface area contributed by atoms with Crippen LogP contribution in [0.4, 0.5) is 0 Å². The Labute approximate surface area is 160 Å². The minimum atomic E-state index is -3.90. The molecule has 1 amide bonds. The summed E-state index contributed by atoms with van der Waals surface area (Å²) in [5.74, 6) is -1.05. The van der Waals surface area contributed by atoms with Crippen molar-refractivity contribution < 1.29 is 23.1 Å². The number of amides is 1. The SMILES string of the molecule is CC(C)CC(C)NC(=O)C1CCN(S(=O)(=O)c2ccccc2C(=O)O)CC1. The Kier molecular flexibility index (Phi) is 7.00. The summed E-state index contributed by atoms with van der Waals surface area (Å²) < 4.78 is 27.0. The largest absolute Gasteiger partial charge is 0.478 e. The van der Waals surface area contributed by atoms with E-state index in [1.165, 1.54) is 28.6 Å². The zero-order valence-electron chi connectivity index (χ0n) is 16.0. The second-order valence-electron chi connectivity index (χ2n) is 7.52. The summed E-state index contributed by atoms with van der Waals surface area (Å²) >= 11 is 0. The van der Waals surface area contributed by atoms with Crippen molar-refractivity contribution in [3.8, 4) is 0 Å². The van der Waals surface area contributed by atoms with Gasteiger partial charge in [-0.3, -0.25) is 4.79 Å². The van der Waals surface area contributed by atoms with Gasteiger partial charge in [0, 0.05) is 25.0 Å². The molecule has 2 N–H and O–H groups in total. The van der Waals surface area contributed by atoms with Crippen LogP contribution in [0.2, 0.25) is 0 Å². The molecule has 0 saturated carbocycles. The molecule has 27 heavy (non-hydrogen) atoms. The van der Waals surface area contributed by atoms with E-state index in [1.807, 2.05) is 6.92 Å². The molecule has 1 aromatic carbocycles. The van der Waals surface area contributed by atoms with Crippen LogP contribution in [0, 0.1) is 11.8 Å². The van der Waals surface area contributed by atoms with E-state index in [0.29, 0.717) is 18.8 Å². The number of sulfonamides is 1. The molecule has 1 aromatic rings. The molecule has 7 nitrogen and oxygen atoms in total. The van der Waals surface area contributed by atoms with Gasteiger partial charge in [0.25, 0.3) is 0 Å². The second-order valence-corrected chi connectivity index (χ2v) is 9.43. The average molecular weight is 397 g/mol. The molecule has 1 fully saturated rings. The molecule has 8 heteroatoms. The highest BCUT2D eigenvalue weighted by Gasteiger charge is 2.34. The quantitative estimate of drug-likeness (QED) is 0.736. The normalized spacial score (nSPS) is 17.6. The lowest BCUT2D eigenvalue weighted by Gasteiger charge is -2.31. The fourth-order valence-electron chi connectivity index (χ4n) is 3.49. The number of carboxylic acids is 1. The van der Waals surface area contributed by atoms with Crippen LogP contribution in [-0.4, -0.2) is 48.8 Å². The molecule has 0 aliphatic carbocycles. The fraction of sp³-hybridized carbons (Fsp3) is 0.579. The van der Waals surface area contributed by atoms with Crippen LogP contribution in [0.5, 0.6) is 0 Å². The summed E-state index contributed by atoms with van der Waals surface area (Å²) in [5.41, 5.74) is -0.236. The third-order valence-electron chi connectivity index (χ3n) is 4.77. The maximum absolute atomic E-state index is 12.9. The van der Waals surface area contributed by atoms with E-state index in [4.69, 9.17) is 0 Å². The fourth-order valence-corrected chi connectivity index (χ4v) is 5.15. The molecule has 0 aromatic heterocycles. The van der Waals surface area contributed by atoms with Gasteiger partial charge in [0.15, 0.2) is 0 Å². The first-order chi connectivity index (χ1) is 12.6. The van der Waals surface area contributed by atoms with Gasteiger partial charge in [-0.2, -0.15) is 4.31 Å². The predicted molar refractivity (Wildman–Crippen MR) is 102 cm³/mol. The van der Waals surface area contributed by atoms with Crippen molar-refractivity contribution in [1.29, 1.82) is 0 Å². The van der Waals surface area contributed by atoms with Crippen molar-refractivity contribution in [2.45, 2.75) is 51.0 Å². The molecule has 1 heterocycles. The van der Waals surface area contributed by atoms with Crippen molar-refractivity contribution in [2.24, 2.45) is 11.8 Å². The molecule has 1 atom stereocenters. The highest BCUT2D eigenvalue weighted by atomic mass is 32.2. The third kappa shape index (κ3) is 5.29. The van der Waals surface area contributed by atoms with Gasteiger partial charge in [0.2, 0.25) is 15.9 Å². The van der Waals surface area contributed by atoms with Gasteiger partial charge in [-0.1, -0.05) is 26.0 Å². The van der Waals surface area contributed by atoms with Gasteiger partial charge in [0.1, 0.15) is 0 Å². The molecule has 0 radical (unpaired) electrons. The van der Waals surface area contributed by atoms with E-state index in [9.17, 15) is 23.1 Å². The summed E-state index contributed by atoms with van der Waals surface area (Å²) in [4.78, 5) is 23.5. The number of hydrogen-bond acceptors (Lipinski definition) is 4. The van der Waals surface area contributed by atoms with Crippen LogP contribution in [0.15, 0.2) is 29.2 Å². The number of rotatable bonds is 7. The molecule has 1 saturated heterocycles. The van der Waals surface area contributed by atoms with Crippen molar-refractivity contribution >= 4 is 21.9 Å². The number of carbonyl (C=O) groups is 2. The van der Waals surface area contributed by atoms with Crippen LogP contribution < -0.4 is 5.32 Å². The number of hydrogen-bond donors (Lipinski definition) is 2. The Balaban J connectivity index is 2.03. The van der Waals surface area contributed by atoms with E-state index < -0.39 is 16.0 Å². The lowest BCUT2D eigenvalue weighted by Crippen LogP contribution is -2.45. The first-order valence-corrected chi connectivity index (χ1v) is 10.7. The third-order valence-corrected chi connectivity index (χ3v) is 6.73. The summed E-state index contributed by atoms with van der Waals surface area (Å²) in [7, 11) is -3.90. The molecular formula is C19H28N2O5S. The maximum atomic E-state index is 12.9. The van der Waals surface area contributed by atoms with Crippen molar-refractivity contribution in [1.82, 2.24) is 9.62 Å². The molecule has 150 valence electrons. The molecular weight excluding hydrogens is 368 g/mol. The molecule has 1 aliphatic heterocycles. The van der Waals surface area contributed by atoms with Gasteiger partial charge in [-0.25, -0.2) is 13.2 Å². The van der Waals surface area contributed by atoms with Crippen LogP contribution >= 0.6 is 0 Å². The first kappa shape index (κ1) is 21.4. The maximum Gasteiger partial charge on any atom is 0.337 e. The highest BCUT2D eigenvalue weighted by Crippen LogP contribution is 2.26. The summed E-state index contributed by atoms with van der Waals surface area (Å²) in [5, 5.41) is 12.3. The first-order valence-electron chi connectivity index (χ1n) is 9.25. The van der Waals surface area contributed by atoms with Crippen LogP contribution in [0.25, 0.3) is 0 Å². The minimum absolute atomic E-state index is 0.0360. The van der Waals surface area contributed by atoms with Crippen molar-refractivity contribution in [3.05, 3.63) is 29.8 Å². The molecule has 0 spiro atoms. The van der Waals surface area contributed by atoms with E-state index in [0.717, 1.165) is 6.42 Å². The van der Waals surface area contributed by atoms with Crippen LogP contribution in [-0.2, 0) is 14.8 Å². The molecule has 0 bridgehead atoms. The van der Waals surface area contributed by atoms with Gasteiger partial charge < -0.3 is 10.4 Å². The second kappa shape index (κ2) is 8.84. The minimum Gasteiger partial charge on any atom is -0.478 e. The zero-order chi connectivity index (χ0) is 20.2. The lowest BCUT2D eigenvalue weighted by atomic mass is 9.96. The van der Waals surface area contributed by atoms with Crippen LogP contribution in [0.3, 0.4) is 0 Å². The molecule has 1 aliphatic rings. The zero-order valence-corrected chi connectivity index (χ0v) is 16.8. The van der Waals surface area contributed by atoms with Crippen LogP contribution in [0.1, 0.15) is 50.4 Å². The Morgan fingerprint density at radius 2 is 1.78 bits per heavy atom. The lowest BCUT2D eigenvalue weighted by molar-refractivity contribution is -0.126. The number of nitrogens with one attached hydrogen (secondary N) is 1. The van der Waals surface area contributed by atoms with Crippen molar-refractivity contribution in [3.63, 3.8) is 0 Å². The Bertz CT molecular complexity index is 783. The number of aromatic carboxylic acids is 1. The highest BCUT2D eigenvalue weighted by molar-refractivity contribution is 7.89. The Hall–Kier alpha value is -1.93. The van der Waals surface area contributed by atoms with E-state index in [-0.39, 0.29) is 41.4 Å². The number of piperidine rings is 1. The summed E-state index contributed by atoms with van der Waals surface area (Å²) in [6.07, 6.45) is 1.74. The van der Waals surface area contributed by atoms with E-state index in [2.05, 4.69) is 19.2 Å². The monoisotopic (exact) mass is 396 g/mol. The van der Waals surface area contributed by atoms with Gasteiger partial charge in [-0.05, 0) is 44.2 Å². The smallest absolute Gasteiger partial charge is 0.337 e. The number of carbonyl (C=O) groups excluding carboxylic acids is 1. The van der Waals surface area contributed by atoms with E-state index >= 15 is 0 Å². The predicted octanol–water partition coefficient (Wildman–Crippen LogP) is 2.34. The number of benzene rings is 1. The van der Waals surface area contributed by atoms with E-state index in [1.54, 1.807) is 0 Å². The van der Waals surface area contributed by atoms with Gasteiger partial charge in [0.05, 0.1) is 10.5 Å². The van der Waals surface area contributed by atoms with Gasteiger partial charge in [-0.15, -0.1) is 0 Å². The molecule has 2 rings (SSSR count). The topological polar surface area (TPSA) is 104 Å². The Morgan fingerprint density at radius 1 is 1.19 bits per heavy atom. The summed E-state index contributed by atoms with van der Waals surface area (Å²) in [6, 6.07) is 5.69. The average Bonchev–Trinajstić information content (AvgIpc) is 2.61. The number of nitrogens with zero attached hydrogens (tertiary/aromatic N) is 1. The Morgan fingerprint density at radius 3 is 2.33 bits per heavy atom. The van der Waals surface area contributed by atoms with Crippen molar-refractivity contribution in [2.75, 3.05) is 13.1 Å². The standard InChI is InChI=1S/C19H28N2O5S/c1-13(2)12-14(3)20-18(22)15-8-10-21(11-9-15)27(25,26)17-7-5-4-6-16(17)19(23)24/h4-7,13-15H,8-12H2,1-3H3,(H,20,22)(H,23,24). The number of carboxylic acid groups (broad SMARTS) is 1.